The second kappa shape index (κ2) is 6.16. The molecule has 0 aromatic carbocycles. The van der Waals surface area contributed by atoms with Crippen molar-refractivity contribution in [2.24, 2.45) is 0 Å². The number of nitrogens with one attached hydrogen (secondary N) is 1. The molecule has 19 heavy (non-hydrogen) atoms. The van der Waals surface area contributed by atoms with Crippen molar-refractivity contribution in [1.82, 2.24) is 15.3 Å². The van der Waals surface area contributed by atoms with Gasteiger partial charge in [0, 0.05) is 20.2 Å². The van der Waals surface area contributed by atoms with Crippen molar-refractivity contribution in [2.75, 3.05) is 27.9 Å². The molecule has 1 aliphatic rings. The Morgan fingerprint density at radius 1 is 1.16 bits per heavy atom. The van der Waals surface area contributed by atoms with Crippen molar-refractivity contribution < 1.29 is 14.2 Å². The topological polar surface area (TPSA) is 65.5 Å². The van der Waals surface area contributed by atoms with Crippen molar-refractivity contribution in [3.63, 3.8) is 0 Å². The van der Waals surface area contributed by atoms with E-state index < -0.39 is 0 Å². The molecule has 0 unspecified atom stereocenters. The minimum Gasteiger partial charge on any atom is -0.481 e. The van der Waals surface area contributed by atoms with Crippen molar-refractivity contribution >= 4 is 0 Å². The van der Waals surface area contributed by atoms with Crippen LogP contribution in [0.3, 0.4) is 0 Å². The summed E-state index contributed by atoms with van der Waals surface area (Å²) >= 11 is 0. The third kappa shape index (κ3) is 2.96. The zero-order valence-electron chi connectivity index (χ0n) is 11.7. The molecule has 1 aromatic heterocycles. The molecular formula is C13H21N3O3. The third-order valence-electron chi connectivity index (χ3n) is 3.70. The highest BCUT2D eigenvalue weighted by Gasteiger charge is 2.36. The summed E-state index contributed by atoms with van der Waals surface area (Å²) in [6.07, 6.45) is 4.88. The summed E-state index contributed by atoms with van der Waals surface area (Å²) in [6.45, 7) is 1.41. The molecule has 0 saturated heterocycles. The van der Waals surface area contributed by atoms with Gasteiger partial charge in [0.15, 0.2) is 0 Å². The fourth-order valence-corrected chi connectivity index (χ4v) is 2.32. The molecule has 0 atom stereocenters. The van der Waals surface area contributed by atoms with E-state index in [4.69, 9.17) is 14.2 Å². The molecule has 1 saturated carbocycles. The summed E-state index contributed by atoms with van der Waals surface area (Å²) in [5.41, 5.74) is 0.828. The second-order valence-electron chi connectivity index (χ2n) is 4.72. The summed E-state index contributed by atoms with van der Waals surface area (Å²) in [5, 5.41) is 3.38. The molecule has 2 rings (SSSR count). The number of rotatable bonds is 7. The molecule has 1 N–H and O–H groups in total. The van der Waals surface area contributed by atoms with Gasteiger partial charge in [-0.05, 0) is 19.3 Å². The SMILES string of the molecule is COc1ncnc(OC)c1CNCC1(OC)CCC1. The first kappa shape index (κ1) is 14.0. The Morgan fingerprint density at radius 3 is 2.21 bits per heavy atom. The average molecular weight is 267 g/mol. The first-order valence-electron chi connectivity index (χ1n) is 6.42. The lowest BCUT2D eigenvalue weighted by Crippen LogP contribution is -2.47. The van der Waals surface area contributed by atoms with Crippen molar-refractivity contribution in [1.29, 1.82) is 0 Å². The van der Waals surface area contributed by atoms with Crippen LogP contribution in [0.25, 0.3) is 0 Å². The summed E-state index contributed by atoms with van der Waals surface area (Å²) in [4.78, 5) is 8.18. The maximum absolute atomic E-state index is 5.57. The highest BCUT2D eigenvalue weighted by Crippen LogP contribution is 2.34. The summed E-state index contributed by atoms with van der Waals surface area (Å²) < 4.78 is 16.0. The molecule has 0 spiro atoms. The molecule has 6 nitrogen and oxygen atoms in total. The van der Waals surface area contributed by atoms with E-state index in [-0.39, 0.29) is 5.60 Å². The lowest BCUT2D eigenvalue weighted by atomic mass is 9.80. The molecule has 1 fully saturated rings. The van der Waals surface area contributed by atoms with Crippen LogP contribution in [0.15, 0.2) is 6.33 Å². The van der Waals surface area contributed by atoms with E-state index in [0.29, 0.717) is 18.3 Å². The van der Waals surface area contributed by atoms with E-state index in [1.165, 1.54) is 12.7 Å². The maximum Gasteiger partial charge on any atom is 0.224 e. The van der Waals surface area contributed by atoms with E-state index in [9.17, 15) is 0 Å². The van der Waals surface area contributed by atoms with E-state index in [1.54, 1.807) is 21.3 Å². The fraction of sp³-hybridized carbons (Fsp3) is 0.692. The Bertz CT molecular complexity index is 394. The van der Waals surface area contributed by atoms with Crippen LogP contribution in [-0.2, 0) is 11.3 Å². The third-order valence-corrected chi connectivity index (χ3v) is 3.70. The van der Waals surface area contributed by atoms with Crippen molar-refractivity contribution in [2.45, 2.75) is 31.4 Å². The minimum absolute atomic E-state index is 0.00386. The predicted octanol–water partition coefficient (Wildman–Crippen LogP) is 1.15. The smallest absolute Gasteiger partial charge is 0.224 e. The number of methoxy groups -OCH3 is 3. The molecule has 1 heterocycles. The zero-order chi connectivity index (χ0) is 13.7. The van der Waals surface area contributed by atoms with Gasteiger partial charge in [-0.2, -0.15) is 0 Å². The van der Waals surface area contributed by atoms with Gasteiger partial charge in [0.05, 0.1) is 25.4 Å². The first-order chi connectivity index (χ1) is 9.24. The standard InChI is InChI=1S/C13H21N3O3/c1-17-11-10(12(18-2)16-9-15-11)7-14-8-13(19-3)5-4-6-13/h9,14H,4-8H2,1-3H3. The van der Waals surface area contributed by atoms with Gasteiger partial charge in [-0.25, -0.2) is 9.97 Å². The summed E-state index contributed by atoms with van der Waals surface area (Å²) in [7, 11) is 4.95. The summed E-state index contributed by atoms with van der Waals surface area (Å²) in [5.74, 6) is 1.08. The van der Waals surface area contributed by atoms with Gasteiger partial charge in [-0.1, -0.05) is 0 Å². The lowest BCUT2D eigenvalue weighted by Gasteiger charge is -2.40. The number of nitrogens with zero attached hydrogens (tertiary/aromatic N) is 2. The Hall–Kier alpha value is -1.40. The van der Waals surface area contributed by atoms with Crippen LogP contribution in [0.4, 0.5) is 0 Å². The van der Waals surface area contributed by atoms with Crippen LogP contribution in [0.2, 0.25) is 0 Å². The van der Waals surface area contributed by atoms with E-state index >= 15 is 0 Å². The zero-order valence-corrected chi connectivity index (χ0v) is 11.7. The molecule has 0 radical (unpaired) electrons. The molecule has 1 aliphatic carbocycles. The van der Waals surface area contributed by atoms with Crippen LogP contribution in [-0.4, -0.2) is 43.4 Å². The van der Waals surface area contributed by atoms with Gasteiger partial charge in [0.2, 0.25) is 11.8 Å². The molecule has 0 bridgehead atoms. The Morgan fingerprint density at radius 2 is 1.79 bits per heavy atom. The number of hydrogen-bond donors (Lipinski definition) is 1. The van der Waals surface area contributed by atoms with Gasteiger partial charge < -0.3 is 19.5 Å². The van der Waals surface area contributed by atoms with Gasteiger partial charge in [-0.15, -0.1) is 0 Å². The second-order valence-corrected chi connectivity index (χ2v) is 4.72. The van der Waals surface area contributed by atoms with E-state index in [0.717, 1.165) is 24.9 Å². The predicted molar refractivity (Wildman–Crippen MR) is 70.4 cm³/mol. The van der Waals surface area contributed by atoms with Gasteiger partial charge in [0.25, 0.3) is 0 Å². The molecule has 6 heteroatoms. The minimum atomic E-state index is -0.00386. The largest absolute Gasteiger partial charge is 0.481 e. The Balaban J connectivity index is 1.98. The van der Waals surface area contributed by atoms with Gasteiger partial charge >= 0.3 is 0 Å². The summed E-state index contributed by atoms with van der Waals surface area (Å²) in [6, 6.07) is 0. The number of aromatic nitrogens is 2. The average Bonchev–Trinajstić information content (AvgIpc) is 2.41. The highest BCUT2D eigenvalue weighted by atomic mass is 16.5. The quantitative estimate of drug-likeness (QED) is 0.799. The first-order valence-corrected chi connectivity index (χ1v) is 6.42. The lowest BCUT2D eigenvalue weighted by molar-refractivity contribution is -0.0695. The number of ether oxygens (including phenoxy) is 3. The van der Waals surface area contributed by atoms with Crippen LogP contribution >= 0.6 is 0 Å². The van der Waals surface area contributed by atoms with Crippen molar-refractivity contribution in [3.8, 4) is 11.8 Å². The van der Waals surface area contributed by atoms with Gasteiger partial charge in [0.1, 0.15) is 6.33 Å². The van der Waals surface area contributed by atoms with E-state index in [1.807, 2.05) is 0 Å². The maximum atomic E-state index is 5.57. The van der Waals surface area contributed by atoms with Crippen LogP contribution < -0.4 is 14.8 Å². The molecule has 1 aromatic rings. The number of hydrogen-bond acceptors (Lipinski definition) is 6. The van der Waals surface area contributed by atoms with Crippen LogP contribution in [0.1, 0.15) is 24.8 Å². The van der Waals surface area contributed by atoms with Crippen LogP contribution in [0, 0.1) is 0 Å². The van der Waals surface area contributed by atoms with Gasteiger partial charge in [-0.3, -0.25) is 0 Å². The normalized spacial score (nSPS) is 16.8. The Kier molecular flexibility index (Phi) is 4.55. The van der Waals surface area contributed by atoms with Crippen molar-refractivity contribution in [3.05, 3.63) is 11.9 Å². The fourth-order valence-electron chi connectivity index (χ4n) is 2.32. The molecule has 0 aliphatic heterocycles. The molecule has 106 valence electrons. The molecule has 0 amide bonds. The molecular weight excluding hydrogens is 246 g/mol. The highest BCUT2D eigenvalue weighted by molar-refractivity contribution is 5.34. The monoisotopic (exact) mass is 267 g/mol. The Labute approximate surface area is 113 Å². The van der Waals surface area contributed by atoms with E-state index in [2.05, 4.69) is 15.3 Å². The van der Waals surface area contributed by atoms with Crippen LogP contribution in [0.5, 0.6) is 11.8 Å².